The van der Waals surface area contributed by atoms with E-state index < -0.39 is 84.6 Å². The first-order valence-corrected chi connectivity index (χ1v) is 20.2. The van der Waals surface area contributed by atoms with Crippen molar-refractivity contribution in [2.75, 3.05) is 13.2 Å². The third kappa shape index (κ3) is 5.47. The Bertz CT molecular complexity index is 1450. The van der Waals surface area contributed by atoms with Gasteiger partial charge >= 0.3 is 5.97 Å². The lowest BCUT2D eigenvalue weighted by atomic mass is 9.32. The number of carbonyl (C=O) groups is 1. The third-order valence-electron chi connectivity index (χ3n) is 17.6. The smallest absolute Gasteiger partial charge is 0.315 e. The Morgan fingerprint density at radius 2 is 1.53 bits per heavy atom. The van der Waals surface area contributed by atoms with E-state index in [-0.39, 0.29) is 40.1 Å². The Kier molecular flexibility index (Phi) is 9.95. The molecule has 0 aromatic heterocycles. The molecule has 4 saturated carbocycles. The SMILES string of the molecule is C[C@@H]1CC[C@]2(C(=O)O[C@@H]3O[C@H](CO)[C@@H](O)[C@H](O)[C@H]3O)CC[C@]3(C)C(=CC[C@@H]4[C@@]5(C)CC[C@H]([C@@H]6OC[C@H](O)[C@H](O)[C@H]6O)C(C)(C)[C@@H]5CC[C@]43C)[C@@H]2[C@]1(C)O. The van der Waals surface area contributed by atoms with E-state index in [4.69, 9.17) is 14.2 Å². The average molecular weight is 751 g/mol. The molecule has 7 aliphatic rings. The second-order valence-corrected chi connectivity index (χ2v) is 20.0. The number of fused-ring (bicyclic) bond motifs is 7. The van der Waals surface area contributed by atoms with E-state index in [0.29, 0.717) is 37.5 Å². The highest BCUT2D eigenvalue weighted by molar-refractivity contribution is 5.79. The van der Waals surface area contributed by atoms with Crippen LogP contribution in [0.2, 0.25) is 0 Å². The molecule has 8 N–H and O–H groups in total. The highest BCUT2D eigenvalue weighted by atomic mass is 16.7. The summed E-state index contributed by atoms with van der Waals surface area (Å²) in [4.78, 5) is 14.6. The van der Waals surface area contributed by atoms with E-state index in [0.717, 1.165) is 37.7 Å². The number of ether oxygens (including phenoxy) is 3. The van der Waals surface area contributed by atoms with Crippen LogP contribution >= 0.6 is 0 Å². The van der Waals surface area contributed by atoms with E-state index in [1.165, 1.54) is 0 Å². The van der Waals surface area contributed by atoms with E-state index in [1.807, 2.05) is 13.8 Å². The topological polar surface area (TPSA) is 207 Å². The maximum Gasteiger partial charge on any atom is 0.315 e. The van der Waals surface area contributed by atoms with Crippen molar-refractivity contribution in [1.82, 2.24) is 0 Å². The first-order valence-electron chi connectivity index (χ1n) is 20.2. The molecule has 0 amide bonds. The number of aliphatic hydroxyl groups is 8. The number of aliphatic hydroxyl groups excluding tert-OH is 7. The molecule has 2 aliphatic heterocycles. The van der Waals surface area contributed by atoms with Crippen molar-refractivity contribution in [1.29, 1.82) is 0 Å². The Hall–Kier alpha value is -1.19. The Balaban J connectivity index is 1.21. The summed E-state index contributed by atoms with van der Waals surface area (Å²) in [7, 11) is 0. The van der Waals surface area contributed by atoms with Crippen molar-refractivity contribution in [2.45, 2.75) is 167 Å². The zero-order chi connectivity index (χ0) is 38.8. The fraction of sp³-hybridized carbons (Fsp3) is 0.927. The van der Waals surface area contributed by atoms with Crippen LogP contribution < -0.4 is 0 Å². The molecule has 12 nitrogen and oxygen atoms in total. The van der Waals surface area contributed by atoms with Crippen molar-refractivity contribution in [3.05, 3.63) is 11.6 Å². The van der Waals surface area contributed by atoms with Crippen molar-refractivity contribution < 1.29 is 59.9 Å². The quantitative estimate of drug-likeness (QED) is 0.154. The molecule has 0 radical (unpaired) electrons. The van der Waals surface area contributed by atoms with Gasteiger partial charge < -0.3 is 55.1 Å². The van der Waals surface area contributed by atoms with Crippen molar-refractivity contribution in [3.63, 3.8) is 0 Å². The predicted octanol–water partition coefficient (Wildman–Crippen LogP) is 2.20. The number of esters is 1. The average Bonchev–Trinajstić information content (AvgIpc) is 3.09. The number of allylic oxidation sites excluding steroid dienone is 1. The van der Waals surface area contributed by atoms with Crippen molar-refractivity contribution >= 4 is 5.97 Å². The molecule has 2 saturated heterocycles. The van der Waals surface area contributed by atoms with Gasteiger partial charge in [-0.05, 0) is 110 Å². The van der Waals surface area contributed by atoms with Crippen LogP contribution in [-0.2, 0) is 19.0 Å². The first kappa shape index (κ1) is 40.0. The standard InChI is InChI=1S/C41H66O12/c1-20-10-15-41(35(49)53-34-31(48)29(46)28(45)24(18-42)52-34)17-16-38(5)22(33(41)40(20,7)50)8-9-26-37(4)13-11-21(32-30(47)27(44)23(43)19-51-32)36(2,3)25(37)12-14-39(26,38)6/h8,20-21,23-34,42-48,50H,9-19H2,1-7H3/t20-,21-,23+,24-,25+,26-,27+,28-,29+,30-,31-,32+,33-,34+,37+,38-,39-,40-,41+/m1/s1. The van der Waals surface area contributed by atoms with E-state index >= 15 is 0 Å². The van der Waals surface area contributed by atoms with Gasteiger partial charge in [-0.15, -0.1) is 0 Å². The van der Waals surface area contributed by atoms with Gasteiger partial charge in [0.25, 0.3) is 0 Å². The van der Waals surface area contributed by atoms with Crippen LogP contribution in [-0.4, -0.2) is 121 Å². The van der Waals surface area contributed by atoms with Crippen LogP contribution in [0.15, 0.2) is 11.6 Å². The molecule has 0 aromatic carbocycles. The van der Waals surface area contributed by atoms with Crippen LogP contribution in [0.1, 0.15) is 106 Å². The van der Waals surface area contributed by atoms with Crippen LogP contribution in [0, 0.1) is 56.7 Å². The molecule has 0 aromatic rings. The molecule has 7 rings (SSSR count). The second kappa shape index (κ2) is 13.2. The minimum Gasteiger partial charge on any atom is -0.432 e. The zero-order valence-corrected chi connectivity index (χ0v) is 32.6. The van der Waals surface area contributed by atoms with Gasteiger partial charge in [0.05, 0.1) is 30.3 Å². The zero-order valence-electron chi connectivity index (χ0n) is 32.6. The monoisotopic (exact) mass is 750 g/mol. The van der Waals surface area contributed by atoms with E-state index in [1.54, 1.807) is 0 Å². The maximum absolute atomic E-state index is 14.6. The summed E-state index contributed by atoms with van der Waals surface area (Å²) >= 11 is 0. The van der Waals surface area contributed by atoms with Crippen LogP contribution in [0.3, 0.4) is 0 Å². The molecule has 302 valence electrons. The fourth-order valence-corrected chi connectivity index (χ4v) is 14.0. The summed E-state index contributed by atoms with van der Waals surface area (Å²) in [6.07, 6.45) is -2.76. The molecule has 0 spiro atoms. The first-order chi connectivity index (χ1) is 24.6. The van der Waals surface area contributed by atoms with Crippen molar-refractivity contribution in [3.8, 4) is 0 Å². The molecule has 0 unspecified atom stereocenters. The number of hydrogen-bond acceptors (Lipinski definition) is 12. The maximum atomic E-state index is 14.6. The largest absolute Gasteiger partial charge is 0.432 e. The van der Waals surface area contributed by atoms with Gasteiger partial charge in [-0.3, -0.25) is 4.79 Å². The summed E-state index contributed by atoms with van der Waals surface area (Å²) in [5.41, 5.74) is -2.01. The molecular formula is C41H66O12. The minimum atomic E-state index is -1.71. The summed E-state index contributed by atoms with van der Waals surface area (Å²) in [6.45, 7) is 15.0. The van der Waals surface area contributed by atoms with Gasteiger partial charge in [0.15, 0.2) is 0 Å². The second-order valence-electron chi connectivity index (χ2n) is 20.0. The summed E-state index contributed by atoms with van der Waals surface area (Å²) in [6, 6.07) is 0. The number of rotatable bonds is 4. The van der Waals surface area contributed by atoms with Gasteiger partial charge in [-0.1, -0.05) is 53.2 Å². The molecule has 53 heavy (non-hydrogen) atoms. The summed E-state index contributed by atoms with van der Waals surface area (Å²) in [5, 5.41) is 85.6. The van der Waals surface area contributed by atoms with Gasteiger partial charge in [-0.2, -0.15) is 0 Å². The molecule has 12 heteroatoms. The molecule has 6 fully saturated rings. The van der Waals surface area contributed by atoms with Crippen LogP contribution in [0.4, 0.5) is 0 Å². The number of carbonyl (C=O) groups excluding carboxylic acids is 1. The lowest BCUT2D eigenvalue weighted by Gasteiger charge is -2.72. The lowest BCUT2D eigenvalue weighted by Crippen LogP contribution is -2.68. The Morgan fingerprint density at radius 1 is 0.830 bits per heavy atom. The highest BCUT2D eigenvalue weighted by Crippen LogP contribution is 2.76. The normalized spacial score (nSPS) is 56.5. The summed E-state index contributed by atoms with van der Waals surface area (Å²) < 4.78 is 17.6. The lowest BCUT2D eigenvalue weighted by molar-refractivity contribution is -0.299. The van der Waals surface area contributed by atoms with Crippen LogP contribution in [0.5, 0.6) is 0 Å². The molecule has 5 aliphatic carbocycles. The van der Waals surface area contributed by atoms with E-state index in [9.17, 15) is 45.6 Å². The van der Waals surface area contributed by atoms with Crippen molar-refractivity contribution in [2.24, 2.45) is 56.7 Å². The molecule has 19 atom stereocenters. The fourth-order valence-electron chi connectivity index (χ4n) is 14.0. The third-order valence-corrected chi connectivity index (χ3v) is 17.6. The number of hydrogen-bond donors (Lipinski definition) is 8. The molecular weight excluding hydrogens is 684 g/mol. The highest BCUT2D eigenvalue weighted by Gasteiger charge is 2.72. The minimum absolute atomic E-state index is 0.00510. The van der Waals surface area contributed by atoms with Gasteiger partial charge in [-0.25, -0.2) is 0 Å². The van der Waals surface area contributed by atoms with Gasteiger partial charge in [0, 0.05) is 5.92 Å². The Morgan fingerprint density at radius 3 is 2.21 bits per heavy atom. The van der Waals surface area contributed by atoms with Gasteiger partial charge in [0.1, 0.15) is 42.7 Å². The predicted molar refractivity (Wildman–Crippen MR) is 192 cm³/mol. The van der Waals surface area contributed by atoms with E-state index in [2.05, 4.69) is 40.7 Å². The van der Waals surface area contributed by atoms with Gasteiger partial charge in [0.2, 0.25) is 6.29 Å². The molecule has 2 heterocycles. The summed E-state index contributed by atoms with van der Waals surface area (Å²) in [5.74, 6) is -0.621. The molecule has 0 bridgehead atoms. The van der Waals surface area contributed by atoms with Crippen LogP contribution in [0.25, 0.3) is 0 Å². The Labute approximate surface area is 313 Å².